The molecule has 6 nitrogen and oxygen atoms in total. The molecular formula is C23H18BrFN4O2S. The molecule has 0 saturated heterocycles. The number of halogens is 2. The van der Waals surface area contributed by atoms with E-state index in [9.17, 15) is 14.3 Å². The number of rotatable bonds is 6. The highest BCUT2D eigenvalue weighted by Crippen LogP contribution is 2.34. The van der Waals surface area contributed by atoms with Gasteiger partial charge in [0.25, 0.3) is 0 Å². The zero-order valence-electron chi connectivity index (χ0n) is 16.9. The first-order valence-corrected chi connectivity index (χ1v) is 11.4. The summed E-state index contributed by atoms with van der Waals surface area (Å²) in [4.78, 5) is 12.5. The second kappa shape index (κ2) is 9.54. The number of carbonyl (C=O) groups excluding carboxylic acids is 1. The van der Waals surface area contributed by atoms with Crippen LogP contribution in [0.25, 0.3) is 17.1 Å². The molecule has 0 atom stereocenters. The van der Waals surface area contributed by atoms with E-state index in [1.54, 1.807) is 35.8 Å². The van der Waals surface area contributed by atoms with Gasteiger partial charge in [0.1, 0.15) is 11.6 Å². The van der Waals surface area contributed by atoms with Crippen LogP contribution in [0.4, 0.5) is 10.1 Å². The SMILES string of the molecule is Cc1ccc(F)cc1NC(=O)CSc1nnc(-c2cc(Br)ccc2O)n1-c1ccccc1. The van der Waals surface area contributed by atoms with Crippen LogP contribution in [0.2, 0.25) is 0 Å². The summed E-state index contributed by atoms with van der Waals surface area (Å²) in [5, 5.41) is 22.2. The van der Waals surface area contributed by atoms with Crippen molar-refractivity contribution in [3.05, 3.63) is 82.6 Å². The molecule has 0 saturated carbocycles. The van der Waals surface area contributed by atoms with Crippen LogP contribution in [0, 0.1) is 12.7 Å². The highest BCUT2D eigenvalue weighted by molar-refractivity contribution is 9.10. The van der Waals surface area contributed by atoms with Gasteiger partial charge in [0.05, 0.1) is 11.3 Å². The Hall–Kier alpha value is -3.17. The number of nitrogens with zero attached hydrogens (tertiary/aromatic N) is 3. The highest BCUT2D eigenvalue weighted by atomic mass is 79.9. The van der Waals surface area contributed by atoms with Crippen molar-refractivity contribution in [2.75, 3.05) is 11.1 Å². The van der Waals surface area contributed by atoms with Gasteiger partial charge in [-0.05, 0) is 55.0 Å². The summed E-state index contributed by atoms with van der Waals surface area (Å²) in [5.41, 5.74) is 2.49. The number of aryl methyl sites for hydroxylation is 1. The topological polar surface area (TPSA) is 80.0 Å². The Kier molecular flexibility index (Phi) is 6.57. The smallest absolute Gasteiger partial charge is 0.234 e. The quantitative estimate of drug-likeness (QED) is 0.329. The minimum Gasteiger partial charge on any atom is -0.507 e. The molecule has 0 aliphatic carbocycles. The maximum absolute atomic E-state index is 13.5. The number of thioether (sulfide) groups is 1. The lowest BCUT2D eigenvalue weighted by Crippen LogP contribution is -2.15. The summed E-state index contributed by atoms with van der Waals surface area (Å²) < 4.78 is 16.1. The molecule has 2 N–H and O–H groups in total. The van der Waals surface area contributed by atoms with Gasteiger partial charge in [0, 0.05) is 15.8 Å². The summed E-state index contributed by atoms with van der Waals surface area (Å²) >= 11 is 4.62. The molecule has 1 amide bonds. The standard InChI is InChI=1S/C23H18BrFN4O2S/c1-14-7-9-16(25)12-19(14)26-21(31)13-32-23-28-27-22(18-11-15(24)8-10-20(18)30)29(23)17-5-3-2-4-6-17/h2-12,30H,13H2,1H3,(H,26,31). The zero-order valence-corrected chi connectivity index (χ0v) is 19.3. The van der Waals surface area contributed by atoms with Crippen LogP contribution in [0.15, 0.2) is 76.4 Å². The van der Waals surface area contributed by atoms with Gasteiger partial charge >= 0.3 is 0 Å². The number of carbonyl (C=O) groups is 1. The Morgan fingerprint density at radius 1 is 1.12 bits per heavy atom. The predicted molar refractivity (Wildman–Crippen MR) is 127 cm³/mol. The molecule has 32 heavy (non-hydrogen) atoms. The fourth-order valence-corrected chi connectivity index (χ4v) is 4.19. The lowest BCUT2D eigenvalue weighted by molar-refractivity contribution is -0.113. The molecule has 0 aliphatic rings. The van der Waals surface area contributed by atoms with Gasteiger partial charge in [-0.25, -0.2) is 4.39 Å². The molecule has 9 heteroatoms. The Bertz CT molecular complexity index is 1280. The van der Waals surface area contributed by atoms with Crippen molar-refractivity contribution in [3.8, 4) is 22.8 Å². The maximum atomic E-state index is 13.5. The van der Waals surface area contributed by atoms with E-state index in [4.69, 9.17) is 0 Å². The van der Waals surface area contributed by atoms with Crippen LogP contribution in [-0.2, 0) is 4.79 Å². The number of aromatic nitrogens is 3. The van der Waals surface area contributed by atoms with Crippen LogP contribution < -0.4 is 5.32 Å². The molecule has 0 fully saturated rings. The van der Waals surface area contributed by atoms with Crippen molar-refractivity contribution in [2.45, 2.75) is 12.1 Å². The summed E-state index contributed by atoms with van der Waals surface area (Å²) in [6.45, 7) is 1.80. The first-order valence-electron chi connectivity index (χ1n) is 9.61. The molecule has 1 heterocycles. The molecule has 1 aromatic heterocycles. The van der Waals surface area contributed by atoms with Crippen molar-refractivity contribution in [1.82, 2.24) is 14.8 Å². The van der Waals surface area contributed by atoms with E-state index < -0.39 is 5.82 Å². The van der Waals surface area contributed by atoms with Gasteiger partial charge in [-0.2, -0.15) is 0 Å². The van der Waals surface area contributed by atoms with Crippen LogP contribution in [-0.4, -0.2) is 31.5 Å². The second-order valence-corrected chi connectivity index (χ2v) is 8.79. The number of phenolic OH excluding ortho intramolecular Hbond substituents is 1. The maximum Gasteiger partial charge on any atom is 0.234 e. The van der Waals surface area contributed by atoms with Gasteiger partial charge in [0.2, 0.25) is 5.91 Å². The number of hydrogen-bond donors (Lipinski definition) is 2. The van der Waals surface area contributed by atoms with Crippen molar-refractivity contribution >= 4 is 39.3 Å². The minimum absolute atomic E-state index is 0.0470. The number of amides is 1. The summed E-state index contributed by atoms with van der Waals surface area (Å²) in [6, 6.07) is 18.8. The van der Waals surface area contributed by atoms with E-state index in [-0.39, 0.29) is 17.4 Å². The molecule has 0 spiro atoms. The van der Waals surface area contributed by atoms with Crippen LogP contribution in [0.5, 0.6) is 5.75 Å². The number of benzene rings is 3. The van der Waals surface area contributed by atoms with Crippen molar-refractivity contribution in [3.63, 3.8) is 0 Å². The number of hydrogen-bond acceptors (Lipinski definition) is 5. The third-order valence-electron chi connectivity index (χ3n) is 4.65. The molecule has 0 bridgehead atoms. The average molecular weight is 513 g/mol. The Labute approximate surface area is 196 Å². The molecule has 4 rings (SSSR count). The second-order valence-electron chi connectivity index (χ2n) is 6.93. The van der Waals surface area contributed by atoms with E-state index in [0.717, 1.165) is 15.7 Å². The Morgan fingerprint density at radius 2 is 1.91 bits per heavy atom. The van der Waals surface area contributed by atoms with Gasteiger partial charge in [-0.3, -0.25) is 9.36 Å². The third kappa shape index (κ3) is 4.84. The van der Waals surface area contributed by atoms with Crippen molar-refractivity contribution < 1.29 is 14.3 Å². The number of phenols is 1. The third-order valence-corrected chi connectivity index (χ3v) is 6.08. The van der Waals surface area contributed by atoms with E-state index in [0.29, 0.717) is 22.2 Å². The summed E-state index contributed by atoms with van der Waals surface area (Å²) in [7, 11) is 0. The Balaban J connectivity index is 1.63. The van der Waals surface area contributed by atoms with Crippen molar-refractivity contribution in [2.24, 2.45) is 0 Å². The van der Waals surface area contributed by atoms with Gasteiger partial charge in [-0.15, -0.1) is 10.2 Å². The van der Waals surface area contributed by atoms with Gasteiger partial charge < -0.3 is 10.4 Å². The minimum atomic E-state index is -0.416. The largest absolute Gasteiger partial charge is 0.507 e. The molecule has 3 aromatic carbocycles. The molecule has 0 radical (unpaired) electrons. The van der Waals surface area contributed by atoms with Crippen LogP contribution >= 0.6 is 27.7 Å². The van der Waals surface area contributed by atoms with Gasteiger partial charge in [0.15, 0.2) is 11.0 Å². The summed E-state index contributed by atoms with van der Waals surface area (Å²) in [5.74, 6) is -0.155. The zero-order chi connectivity index (χ0) is 22.7. The van der Waals surface area contributed by atoms with Crippen molar-refractivity contribution in [1.29, 1.82) is 0 Å². The normalized spacial score (nSPS) is 10.8. The fraction of sp³-hybridized carbons (Fsp3) is 0.0870. The summed E-state index contributed by atoms with van der Waals surface area (Å²) in [6.07, 6.45) is 0. The van der Waals surface area contributed by atoms with Gasteiger partial charge in [-0.1, -0.05) is 52.0 Å². The molecule has 162 valence electrons. The first kappa shape index (κ1) is 22.0. The first-order chi connectivity index (χ1) is 15.4. The molecule has 4 aromatic rings. The average Bonchev–Trinajstić information content (AvgIpc) is 3.21. The number of anilines is 1. The Morgan fingerprint density at radius 3 is 2.69 bits per heavy atom. The molecular weight excluding hydrogens is 495 g/mol. The van der Waals surface area contributed by atoms with E-state index in [1.807, 2.05) is 30.3 Å². The number of nitrogens with one attached hydrogen (secondary N) is 1. The fourth-order valence-electron chi connectivity index (χ4n) is 3.08. The highest BCUT2D eigenvalue weighted by Gasteiger charge is 2.20. The van der Waals surface area contributed by atoms with Crippen LogP contribution in [0.1, 0.15) is 5.56 Å². The van der Waals surface area contributed by atoms with E-state index in [2.05, 4.69) is 31.4 Å². The monoisotopic (exact) mass is 512 g/mol. The van der Waals surface area contributed by atoms with E-state index >= 15 is 0 Å². The lowest BCUT2D eigenvalue weighted by Gasteiger charge is -2.12. The number of para-hydroxylation sites is 1. The predicted octanol–water partition coefficient (Wildman–Crippen LogP) is 5.58. The number of aromatic hydroxyl groups is 1. The lowest BCUT2D eigenvalue weighted by atomic mass is 10.2. The van der Waals surface area contributed by atoms with Crippen LogP contribution in [0.3, 0.4) is 0 Å². The molecule has 0 aliphatic heterocycles. The molecule has 0 unspecified atom stereocenters. The van der Waals surface area contributed by atoms with E-state index in [1.165, 1.54) is 23.9 Å².